The molecule has 1 N–H and O–H groups in total. The number of amides is 1. The fourth-order valence-corrected chi connectivity index (χ4v) is 3.04. The van der Waals surface area contributed by atoms with Crippen molar-refractivity contribution in [3.05, 3.63) is 35.9 Å². The molecule has 1 aliphatic rings. The van der Waals surface area contributed by atoms with Crippen molar-refractivity contribution in [1.29, 1.82) is 0 Å². The second-order valence-corrected chi connectivity index (χ2v) is 5.64. The Labute approximate surface area is 130 Å². The third-order valence-corrected chi connectivity index (χ3v) is 4.16. The summed E-state index contributed by atoms with van der Waals surface area (Å²) in [4.78, 5) is 25.5. The molecule has 1 heterocycles. The number of carboxylic acid groups (broad SMARTS) is 1. The molecule has 2 atom stereocenters. The normalized spacial score (nSPS) is 19.7. The number of methoxy groups -OCH3 is 1. The van der Waals surface area contributed by atoms with Crippen LogP contribution in [0, 0.1) is 0 Å². The van der Waals surface area contributed by atoms with E-state index in [2.05, 4.69) is 0 Å². The highest BCUT2D eigenvalue weighted by Crippen LogP contribution is 2.26. The van der Waals surface area contributed by atoms with Crippen LogP contribution < -0.4 is 0 Å². The molecule has 2 rings (SSSR count). The highest BCUT2D eigenvalue weighted by atomic mass is 16.5. The Morgan fingerprint density at radius 2 is 2.05 bits per heavy atom. The van der Waals surface area contributed by atoms with Crippen molar-refractivity contribution < 1.29 is 19.4 Å². The molecule has 2 unspecified atom stereocenters. The lowest BCUT2D eigenvalue weighted by molar-refractivity contribution is -0.147. The second kappa shape index (κ2) is 7.94. The molecule has 1 aromatic carbocycles. The van der Waals surface area contributed by atoms with Crippen LogP contribution >= 0.6 is 0 Å². The molecular weight excluding hydrogens is 282 g/mol. The third kappa shape index (κ3) is 4.07. The number of hydrogen-bond donors (Lipinski definition) is 1. The SMILES string of the molecule is COC(C(=O)N1CCCCC1CCC(=O)O)c1ccccc1. The smallest absolute Gasteiger partial charge is 0.303 e. The number of carbonyl (C=O) groups is 2. The Hall–Kier alpha value is -1.88. The van der Waals surface area contributed by atoms with Crippen LogP contribution in [0.3, 0.4) is 0 Å². The standard InChI is InChI=1S/C17H23NO4/c1-22-16(13-7-3-2-4-8-13)17(21)18-12-6-5-9-14(18)10-11-15(19)20/h2-4,7-8,14,16H,5-6,9-12H2,1H3,(H,19,20). The molecule has 1 aromatic rings. The first-order valence-electron chi connectivity index (χ1n) is 7.73. The van der Waals surface area contributed by atoms with E-state index in [9.17, 15) is 9.59 Å². The summed E-state index contributed by atoms with van der Waals surface area (Å²) in [6.45, 7) is 0.676. The van der Waals surface area contributed by atoms with Gasteiger partial charge in [0.1, 0.15) is 0 Å². The first-order chi connectivity index (χ1) is 10.6. The molecule has 22 heavy (non-hydrogen) atoms. The van der Waals surface area contributed by atoms with Crippen LogP contribution in [0.5, 0.6) is 0 Å². The number of carboxylic acids is 1. The third-order valence-electron chi connectivity index (χ3n) is 4.16. The van der Waals surface area contributed by atoms with Gasteiger partial charge in [-0.05, 0) is 31.2 Å². The molecule has 120 valence electrons. The van der Waals surface area contributed by atoms with Crippen LogP contribution in [0.2, 0.25) is 0 Å². The van der Waals surface area contributed by atoms with Gasteiger partial charge in [0.05, 0.1) is 0 Å². The quantitative estimate of drug-likeness (QED) is 0.877. The monoisotopic (exact) mass is 305 g/mol. The molecule has 0 aliphatic carbocycles. The largest absolute Gasteiger partial charge is 0.481 e. The molecule has 1 fully saturated rings. The van der Waals surface area contributed by atoms with Crippen LogP contribution in [-0.4, -0.2) is 41.6 Å². The van der Waals surface area contributed by atoms with Gasteiger partial charge in [0.2, 0.25) is 0 Å². The molecular formula is C17H23NO4. The Morgan fingerprint density at radius 3 is 2.68 bits per heavy atom. The number of hydrogen-bond acceptors (Lipinski definition) is 3. The summed E-state index contributed by atoms with van der Waals surface area (Å²) in [5.74, 6) is -0.881. The molecule has 1 saturated heterocycles. The summed E-state index contributed by atoms with van der Waals surface area (Å²) in [5, 5.41) is 8.87. The van der Waals surface area contributed by atoms with Crippen LogP contribution in [-0.2, 0) is 14.3 Å². The van der Waals surface area contributed by atoms with Crippen molar-refractivity contribution in [2.45, 2.75) is 44.2 Å². The van der Waals surface area contributed by atoms with E-state index in [0.717, 1.165) is 24.8 Å². The number of ether oxygens (including phenoxy) is 1. The van der Waals surface area contributed by atoms with Gasteiger partial charge < -0.3 is 14.7 Å². The Kier molecular flexibility index (Phi) is 5.95. The first-order valence-corrected chi connectivity index (χ1v) is 7.73. The maximum absolute atomic E-state index is 12.8. The van der Waals surface area contributed by atoms with Gasteiger partial charge >= 0.3 is 5.97 Å². The molecule has 0 aromatic heterocycles. The molecule has 0 saturated carbocycles. The Morgan fingerprint density at radius 1 is 1.32 bits per heavy atom. The minimum atomic E-state index is -0.815. The van der Waals surface area contributed by atoms with Crippen molar-refractivity contribution in [3.8, 4) is 0 Å². The van der Waals surface area contributed by atoms with Crippen molar-refractivity contribution in [2.75, 3.05) is 13.7 Å². The van der Waals surface area contributed by atoms with Gasteiger partial charge in [0, 0.05) is 26.1 Å². The van der Waals surface area contributed by atoms with E-state index < -0.39 is 12.1 Å². The van der Waals surface area contributed by atoms with E-state index in [0.29, 0.717) is 13.0 Å². The number of nitrogens with zero attached hydrogens (tertiary/aromatic N) is 1. The predicted molar refractivity (Wildman–Crippen MR) is 82.4 cm³/mol. The summed E-state index contributed by atoms with van der Waals surface area (Å²) >= 11 is 0. The van der Waals surface area contributed by atoms with Crippen molar-refractivity contribution >= 4 is 11.9 Å². The van der Waals surface area contributed by atoms with Gasteiger partial charge in [-0.3, -0.25) is 9.59 Å². The van der Waals surface area contributed by atoms with Gasteiger partial charge in [0.15, 0.2) is 6.10 Å². The molecule has 0 radical (unpaired) electrons. The average Bonchev–Trinajstić information content (AvgIpc) is 2.55. The first kappa shape index (κ1) is 16.5. The molecule has 5 nitrogen and oxygen atoms in total. The van der Waals surface area contributed by atoms with Crippen LogP contribution in [0.4, 0.5) is 0 Å². The number of likely N-dealkylation sites (tertiary alicyclic amines) is 1. The van der Waals surface area contributed by atoms with Crippen molar-refractivity contribution in [1.82, 2.24) is 4.90 Å². The maximum Gasteiger partial charge on any atom is 0.303 e. The molecule has 5 heteroatoms. The summed E-state index contributed by atoms with van der Waals surface area (Å²) in [5.41, 5.74) is 0.831. The number of carbonyl (C=O) groups excluding carboxylic acids is 1. The summed E-state index contributed by atoms with van der Waals surface area (Å²) in [7, 11) is 1.53. The minimum Gasteiger partial charge on any atom is -0.481 e. The zero-order chi connectivity index (χ0) is 15.9. The predicted octanol–water partition coefficient (Wildman–Crippen LogP) is 2.62. The van der Waals surface area contributed by atoms with E-state index in [-0.39, 0.29) is 18.4 Å². The molecule has 1 aliphatic heterocycles. The van der Waals surface area contributed by atoms with E-state index >= 15 is 0 Å². The van der Waals surface area contributed by atoms with Gasteiger partial charge in [-0.2, -0.15) is 0 Å². The molecule has 1 amide bonds. The summed E-state index contributed by atoms with van der Waals surface area (Å²) < 4.78 is 5.42. The lowest BCUT2D eigenvalue weighted by Gasteiger charge is -2.37. The van der Waals surface area contributed by atoms with Gasteiger partial charge in [-0.1, -0.05) is 30.3 Å². The van der Waals surface area contributed by atoms with E-state index in [4.69, 9.17) is 9.84 Å². The lowest BCUT2D eigenvalue weighted by Crippen LogP contribution is -2.46. The van der Waals surface area contributed by atoms with E-state index in [1.54, 1.807) is 0 Å². The van der Waals surface area contributed by atoms with Crippen LogP contribution in [0.15, 0.2) is 30.3 Å². The highest BCUT2D eigenvalue weighted by molar-refractivity contribution is 5.82. The molecule has 0 spiro atoms. The van der Waals surface area contributed by atoms with Gasteiger partial charge in [0.25, 0.3) is 5.91 Å². The number of piperidine rings is 1. The fraction of sp³-hybridized carbons (Fsp3) is 0.529. The fourth-order valence-electron chi connectivity index (χ4n) is 3.04. The van der Waals surface area contributed by atoms with Crippen LogP contribution in [0.25, 0.3) is 0 Å². The Balaban J connectivity index is 2.11. The topological polar surface area (TPSA) is 66.8 Å². The van der Waals surface area contributed by atoms with Gasteiger partial charge in [-0.25, -0.2) is 0 Å². The lowest BCUT2D eigenvalue weighted by atomic mass is 9.96. The Bertz CT molecular complexity index is 503. The zero-order valence-corrected chi connectivity index (χ0v) is 12.9. The zero-order valence-electron chi connectivity index (χ0n) is 12.9. The van der Waals surface area contributed by atoms with E-state index in [1.807, 2.05) is 35.2 Å². The maximum atomic E-state index is 12.8. The summed E-state index contributed by atoms with van der Waals surface area (Å²) in [6, 6.07) is 9.42. The van der Waals surface area contributed by atoms with Crippen molar-refractivity contribution in [2.24, 2.45) is 0 Å². The summed E-state index contributed by atoms with van der Waals surface area (Å²) in [6.07, 6.45) is 2.84. The van der Waals surface area contributed by atoms with E-state index in [1.165, 1.54) is 7.11 Å². The highest BCUT2D eigenvalue weighted by Gasteiger charge is 2.32. The molecule has 0 bridgehead atoms. The second-order valence-electron chi connectivity index (χ2n) is 5.64. The van der Waals surface area contributed by atoms with Crippen LogP contribution in [0.1, 0.15) is 43.8 Å². The number of aliphatic carboxylic acids is 1. The number of benzene rings is 1. The van der Waals surface area contributed by atoms with Crippen molar-refractivity contribution in [3.63, 3.8) is 0 Å². The number of rotatable bonds is 6. The average molecular weight is 305 g/mol. The minimum absolute atomic E-state index is 0.00119. The van der Waals surface area contributed by atoms with Gasteiger partial charge in [-0.15, -0.1) is 0 Å².